The minimum Gasteiger partial charge on any atom is -0.366 e. The first-order valence-corrected chi connectivity index (χ1v) is 11.7. The highest BCUT2D eigenvalue weighted by atomic mass is 19.1. The maximum Gasteiger partial charge on any atom is 0.255 e. The van der Waals surface area contributed by atoms with Crippen molar-refractivity contribution in [3.8, 4) is 0 Å². The van der Waals surface area contributed by atoms with Gasteiger partial charge in [-0.05, 0) is 36.2 Å². The minimum absolute atomic E-state index is 0.0162. The van der Waals surface area contributed by atoms with Gasteiger partial charge in [0.15, 0.2) is 0 Å². The van der Waals surface area contributed by atoms with Gasteiger partial charge in [0.25, 0.3) is 5.91 Å². The van der Waals surface area contributed by atoms with E-state index in [4.69, 9.17) is 0 Å². The molecule has 1 atom stereocenters. The number of carbonyl (C=O) groups excluding carboxylic acids is 2. The molecular formula is C28H28FN3O2. The molecule has 1 unspecified atom stereocenters. The van der Waals surface area contributed by atoms with Crippen LogP contribution >= 0.6 is 0 Å². The second-order valence-electron chi connectivity index (χ2n) is 9.04. The molecule has 5 nitrogen and oxygen atoms in total. The summed E-state index contributed by atoms with van der Waals surface area (Å²) < 4.78 is 14.2. The fourth-order valence-electron chi connectivity index (χ4n) is 4.92. The lowest BCUT2D eigenvalue weighted by Gasteiger charge is -2.37. The number of rotatable bonds is 5. The average molecular weight is 458 g/mol. The van der Waals surface area contributed by atoms with E-state index in [-0.39, 0.29) is 30.1 Å². The standard InChI is InChI=1S/C28H28FN3O2/c1-20-10-12-21(13-11-20)26(32-19-22-6-2-3-7-23(22)28(32)34)18-27(33)31-16-14-30(15-17-31)25-9-5-4-8-24(25)29/h2-13,26H,14-19H2,1H3. The predicted molar refractivity (Wildman–Crippen MR) is 130 cm³/mol. The lowest BCUT2D eigenvalue weighted by molar-refractivity contribution is -0.132. The van der Waals surface area contributed by atoms with Crippen LogP contribution in [0.2, 0.25) is 0 Å². The Bertz CT molecular complexity index is 1200. The van der Waals surface area contributed by atoms with Crippen molar-refractivity contribution in [1.29, 1.82) is 0 Å². The SMILES string of the molecule is Cc1ccc(C(CC(=O)N2CCN(c3ccccc3F)CC2)N2Cc3ccccc3C2=O)cc1. The van der Waals surface area contributed by atoms with Crippen LogP contribution in [0.4, 0.5) is 10.1 Å². The largest absolute Gasteiger partial charge is 0.366 e. The zero-order valence-electron chi connectivity index (χ0n) is 19.3. The molecule has 0 spiro atoms. The summed E-state index contributed by atoms with van der Waals surface area (Å²) in [6.07, 6.45) is 0.225. The van der Waals surface area contributed by atoms with Gasteiger partial charge in [0.2, 0.25) is 5.91 Å². The lowest BCUT2D eigenvalue weighted by Crippen LogP contribution is -2.49. The van der Waals surface area contributed by atoms with E-state index in [0.29, 0.717) is 44.0 Å². The zero-order chi connectivity index (χ0) is 23.7. The predicted octanol–water partition coefficient (Wildman–Crippen LogP) is 4.57. The van der Waals surface area contributed by atoms with E-state index in [1.807, 2.05) is 76.2 Å². The molecule has 1 saturated heterocycles. The third-order valence-electron chi connectivity index (χ3n) is 6.88. The highest BCUT2D eigenvalue weighted by Crippen LogP contribution is 2.34. The van der Waals surface area contributed by atoms with E-state index in [1.54, 1.807) is 12.1 Å². The number of benzene rings is 3. The van der Waals surface area contributed by atoms with Gasteiger partial charge in [0.1, 0.15) is 5.82 Å². The van der Waals surface area contributed by atoms with E-state index in [9.17, 15) is 14.0 Å². The summed E-state index contributed by atoms with van der Waals surface area (Å²) in [5.74, 6) is -0.255. The molecule has 174 valence electrons. The van der Waals surface area contributed by atoms with Crippen LogP contribution in [-0.4, -0.2) is 47.8 Å². The van der Waals surface area contributed by atoms with Crippen LogP contribution < -0.4 is 4.90 Å². The molecule has 0 aromatic heterocycles. The maximum atomic E-state index is 14.2. The Balaban J connectivity index is 1.32. The molecule has 2 amide bonds. The molecule has 0 bridgehead atoms. The first kappa shape index (κ1) is 22.1. The first-order valence-electron chi connectivity index (χ1n) is 11.7. The number of carbonyl (C=O) groups is 2. The third-order valence-corrected chi connectivity index (χ3v) is 6.88. The first-order chi connectivity index (χ1) is 16.5. The van der Waals surface area contributed by atoms with E-state index in [2.05, 4.69) is 0 Å². The number of aryl methyl sites for hydroxylation is 1. The molecule has 34 heavy (non-hydrogen) atoms. The molecule has 6 heteroatoms. The van der Waals surface area contributed by atoms with Gasteiger partial charge in [-0.1, -0.05) is 60.2 Å². The molecule has 2 aliphatic heterocycles. The summed E-state index contributed by atoms with van der Waals surface area (Å²) in [5.41, 5.74) is 4.38. The Morgan fingerprint density at radius 3 is 2.29 bits per heavy atom. The Kier molecular flexibility index (Phi) is 6.05. The summed E-state index contributed by atoms with van der Waals surface area (Å²) in [6, 6.07) is 22.1. The molecule has 5 rings (SSSR count). The molecule has 3 aromatic rings. The minimum atomic E-state index is -0.336. The molecule has 2 aliphatic rings. The Labute approximate surface area is 199 Å². The smallest absolute Gasteiger partial charge is 0.255 e. The van der Waals surface area contributed by atoms with Crippen LogP contribution in [-0.2, 0) is 11.3 Å². The molecule has 3 aromatic carbocycles. The maximum absolute atomic E-state index is 14.2. The zero-order valence-corrected chi connectivity index (χ0v) is 19.3. The average Bonchev–Trinajstić information content (AvgIpc) is 3.20. The van der Waals surface area contributed by atoms with Crippen LogP contribution in [0.15, 0.2) is 72.8 Å². The second-order valence-corrected chi connectivity index (χ2v) is 9.04. The van der Waals surface area contributed by atoms with Crippen molar-refractivity contribution in [1.82, 2.24) is 9.80 Å². The number of nitrogens with zero attached hydrogens (tertiary/aromatic N) is 3. The molecule has 0 aliphatic carbocycles. The highest BCUT2D eigenvalue weighted by molar-refractivity contribution is 5.98. The van der Waals surface area contributed by atoms with Gasteiger partial charge in [-0.2, -0.15) is 0 Å². The number of hydrogen-bond donors (Lipinski definition) is 0. The van der Waals surface area contributed by atoms with Gasteiger partial charge in [0, 0.05) is 38.3 Å². The van der Waals surface area contributed by atoms with Crippen LogP contribution in [0.25, 0.3) is 0 Å². The number of piperazine rings is 1. The van der Waals surface area contributed by atoms with Crippen molar-refractivity contribution in [2.24, 2.45) is 0 Å². The molecule has 2 heterocycles. The molecule has 0 radical (unpaired) electrons. The fraction of sp³-hybridized carbons (Fsp3) is 0.286. The third kappa shape index (κ3) is 4.28. The number of fused-ring (bicyclic) bond motifs is 1. The highest BCUT2D eigenvalue weighted by Gasteiger charge is 2.35. The van der Waals surface area contributed by atoms with E-state index in [1.165, 1.54) is 6.07 Å². The lowest BCUT2D eigenvalue weighted by atomic mass is 9.99. The molecular weight excluding hydrogens is 429 g/mol. The molecule has 0 N–H and O–H groups in total. The fourth-order valence-corrected chi connectivity index (χ4v) is 4.92. The van der Waals surface area contributed by atoms with Gasteiger partial charge in [-0.3, -0.25) is 9.59 Å². The molecule has 0 saturated carbocycles. The van der Waals surface area contributed by atoms with Gasteiger partial charge >= 0.3 is 0 Å². The van der Waals surface area contributed by atoms with Crippen molar-refractivity contribution >= 4 is 17.5 Å². The number of anilines is 1. The monoisotopic (exact) mass is 457 g/mol. The van der Waals surface area contributed by atoms with Gasteiger partial charge in [0.05, 0.1) is 18.2 Å². The Morgan fingerprint density at radius 1 is 0.912 bits per heavy atom. The van der Waals surface area contributed by atoms with Crippen LogP contribution in [0.3, 0.4) is 0 Å². The van der Waals surface area contributed by atoms with Crippen molar-refractivity contribution in [3.05, 3.63) is 101 Å². The van der Waals surface area contributed by atoms with Crippen molar-refractivity contribution in [3.63, 3.8) is 0 Å². The van der Waals surface area contributed by atoms with Gasteiger partial charge < -0.3 is 14.7 Å². The normalized spacial score (nSPS) is 16.5. The summed E-state index contributed by atoms with van der Waals surface area (Å²) in [7, 11) is 0. The number of amides is 2. The van der Waals surface area contributed by atoms with E-state index < -0.39 is 0 Å². The number of hydrogen-bond acceptors (Lipinski definition) is 3. The van der Waals surface area contributed by atoms with Crippen LogP contribution in [0.1, 0.15) is 39.5 Å². The van der Waals surface area contributed by atoms with Crippen molar-refractivity contribution < 1.29 is 14.0 Å². The summed E-state index contributed by atoms with van der Waals surface area (Å²) in [6.45, 7) is 4.74. The quantitative estimate of drug-likeness (QED) is 0.564. The summed E-state index contributed by atoms with van der Waals surface area (Å²) in [4.78, 5) is 32.3. The number of para-hydroxylation sites is 1. The van der Waals surface area contributed by atoms with Crippen molar-refractivity contribution in [2.75, 3.05) is 31.1 Å². The van der Waals surface area contributed by atoms with E-state index >= 15 is 0 Å². The Morgan fingerprint density at radius 2 is 1.59 bits per heavy atom. The Hall–Kier alpha value is -3.67. The van der Waals surface area contributed by atoms with E-state index in [0.717, 1.165) is 16.7 Å². The molecule has 1 fully saturated rings. The summed E-state index contributed by atoms with van der Waals surface area (Å²) >= 11 is 0. The van der Waals surface area contributed by atoms with Gasteiger partial charge in [-0.15, -0.1) is 0 Å². The van der Waals surface area contributed by atoms with Crippen LogP contribution in [0.5, 0.6) is 0 Å². The van der Waals surface area contributed by atoms with Crippen LogP contribution in [0, 0.1) is 12.7 Å². The van der Waals surface area contributed by atoms with Crippen molar-refractivity contribution in [2.45, 2.75) is 25.9 Å². The second kappa shape index (κ2) is 9.29. The number of halogens is 1. The summed E-state index contributed by atoms with van der Waals surface area (Å²) in [5, 5.41) is 0. The topological polar surface area (TPSA) is 43.9 Å². The van der Waals surface area contributed by atoms with Gasteiger partial charge in [-0.25, -0.2) is 4.39 Å².